The van der Waals surface area contributed by atoms with Gasteiger partial charge in [-0.05, 0) is 13.2 Å². The van der Waals surface area contributed by atoms with Crippen LogP contribution in [0.5, 0.6) is 0 Å². The van der Waals surface area contributed by atoms with Gasteiger partial charge in [0.15, 0.2) is 10.3 Å². The molecule has 0 N–H and O–H groups in total. The Labute approximate surface area is 89.6 Å². The summed E-state index contributed by atoms with van der Waals surface area (Å²) in [5.74, 6) is 0. The maximum Gasteiger partial charge on any atom is 0.307 e. The van der Waals surface area contributed by atoms with Crippen LogP contribution in [0.25, 0.3) is 0 Å². The fraction of sp³-hybridized carbons (Fsp3) is 0.400. The molecule has 0 aliphatic rings. The second-order valence-electron chi connectivity index (χ2n) is 1.82. The average Bonchev–Trinajstić information content (AvgIpc) is 2.31. The zero-order valence-electron chi connectivity index (χ0n) is 6.81. The largest absolute Gasteiger partial charge is 0.307 e. The minimum atomic E-state index is -4.94. The first kappa shape index (κ1) is 13.5. The van der Waals surface area contributed by atoms with Gasteiger partial charge in [0, 0.05) is 6.07 Å². The lowest BCUT2D eigenvalue weighted by Crippen LogP contribution is -2.68. The molecule has 0 saturated carbocycles. The van der Waals surface area contributed by atoms with Crippen molar-refractivity contribution in [3.8, 4) is 0 Å². The Morgan fingerprint density at radius 1 is 1.38 bits per heavy atom. The van der Waals surface area contributed by atoms with E-state index in [-0.39, 0.29) is 0 Å². The second-order valence-corrected chi connectivity index (χ2v) is 6.10. The molecule has 0 spiro atoms. The van der Waals surface area contributed by atoms with E-state index in [9.17, 15) is 0 Å². The Kier molecular flexibility index (Phi) is 6.34. The topological polar surface area (TPSA) is 92.2 Å². The molecule has 0 bridgehead atoms. The lowest BCUT2D eigenvalue weighted by Gasteiger charge is -2.17. The minimum absolute atomic E-state index is 1.42. The highest BCUT2D eigenvalue weighted by molar-refractivity contribution is 8.02. The molecule has 13 heavy (non-hydrogen) atoms. The summed E-state index contributed by atoms with van der Waals surface area (Å²) in [4.78, 5) is 1.42. The van der Waals surface area contributed by atoms with E-state index in [1.165, 1.54) is 9.09 Å². The summed E-state index contributed by atoms with van der Waals surface area (Å²) in [6.45, 7) is 2.14. The quantitative estimate of drug-likeness (QED) is 0.344. The molecule has 0 unspecified atom stereocenters. The van der Waals surface area contributed by atoms with Crippen molar-refractivity contribution in [3.05, 3.63) is 10.9 Å². The van der Waals surface area contributed by atoms with Crippen molar-refractivity contribution in [1.29, 1.82) is 0 Å². The zero-order chi connectivity index (χ0) is 10.5. The van der Waals surface area contributed by atoms with Gasteiger partial charge in [-0.2, -0.15) is 0 Å². The van der Waals surface area contributed by atoms with E-state index in [2.05, 4.69) is 19.2 Å². The van der Waals surface area contributed by atoms with Crippen LogP contribution in [0.15, 0.2) is 10.3 Å². The van der Waals surface area contributed by atoms with Gasteiger partial charge in [-0.1, -0.05) is 11.8 Å². The van der Waals surface area contributed by atoms with E-state index in [0.717, 1.165) is 0 Å². The molecule has 0 fully saturated rings. The number of halogens is 1. The van der Waals surface area contributed by atoms with Gasteiger partial charge in [-0.15, -0.1) is 10.2 Å². The number of thioether (sulfide) groups is 1. The monoisotopic (exact) mass is 262 g/mol. The van der Waals surface area contributed by atoms with E-state index in [1.54, 1.807) is 0 Å². The lowest BCUT2D eigenvalue weighted by atomic mass is 10.6. The number of aryl methyl sites for hydroxylation is 1. The van der Waals surface area contributed by atoms with Crippen LogP contribution < -0.4 is 18.6 Å². The van der Waals surface area contributed by atoms with E-state index in [4.69, 9.17) is 18.6 Å². The smallest absolute Gasteiger partial charge is 0.222 e. The SMILES string of the molecule is CSc1cc(C)s[s+]1.[O-][Cl+3]([O-])([O-])[O-]. The fourth-order valence-corrected chi connectivity index (χ4v) is 3.58. The van der Waals surface area contributed by atoms with Crippen molar-refractivity contribution in [1.82, 2.24) is 0 Å². The first-order chi connectivity index (χ1) is 5.83. The number of hydrogen-bond donors (Lipinski definition) is 0. The van der Waals surface area contributed by atoms with Crippen LogP contribution in [-0.4, -0.2) is 6.26 Å². The normalized spacial score (nSPS) is 10.6. The zero-order valence-corrected chi connectivity index (χ0v) is 10.0. The second kappa shape index (κ2) is 6.10. The van der Waals surface area contributed by atoms with Gasteiger partial charge in [0.25, 0.3) is 4.21 Å². The Morgan fingerprint density at radius 2 is 1.85 bits per heavy atom. The van der Waals surface area contributed by atoms with Gasteiger partial charge in [0.05, 0.1) is 4.88 Å². The van der Waals surface area contributed by atoms with Crippen molar-refractivity contribution in [2.24, 2.45) is 0 Å². The highest BCUT2D eigenvalue weighted by Crippen LogP contribution is 2.28. The third kappa shape index (κ3) is 10.5. The maximum atomic E-state index is 8.49. The molecule has 0 aliphatic carbocycles. The van der Waals surface area contributed by atoms with Crippen LogP contribution in [0.3, 0.4) is 0 Å². The Morgan fingerprint density at radius 3 is 2.00 bits per heavy atom. The molecule has 76 valence electrons. The van der Waals surface area contributed by atoms with Gasteiger partial charge < -0.3 is 0 Å². The standard InChI is InChI=1S/C5H7S3.ClHO4/c1-4-3-5(6-2)8-7-4;2-1(3,4)5/h3H,1-2H3;(H,2,3,4,5)/q+1;/p-1. The molecule has 1 aromatic heterocycles. The van der Waals surface area contributed by atoms with Gasteiger partial charge in [0.2, 0.25) is 0 Å². The van der Waals surface area contributed by atoms with Gasteiger partial charge >= 0.3 is 10.3 Å². The summed E-state index contributed by atoms with van der Waals surface area (Å²) in [5.41, 5.74) is 0. The van der Waals surface area contributed by atoms with E-state index in [1.807, 2.05) is 32.4 Å². The van der Waals surface area contributed by atoms with Crippen LogP contribution in [0.4, 0.5) is 0 Å². The molecule has 0 radical (unpaired) electrons. The third-order valence-corrected chi connectivity index (χ3v) is 4.69. The molecule has 0 aromatic carbocycles. The first-order valence-corrected chi connectivity index (χ1v) is 7.49. The predicted octanol–water partition coefficient (Wildman–Crippen LogP) is -1.63. The van der Waals surface area contributed by atoms with Crippen molar-refractivity contribution in [2.75, 3.05) is 6.26 Å². The predicted molar refractivity (Wildman–Crippen MR) is 43.1 cm³/mol. The van der Waals surface area contributed by atoms with Gasteiger partial charge in [-0.25, -0.2) is 18.6 Å². The van der Waals surface area contributed by atoms with Crippen molar-refractivity contribution < 1.29 is 28.9 Å². The van der Waals surface area contributed by atoms with E-state index in [0.29, 0.717) is 0 Å². The number of rotatable bonds is 1. The molecule has 0 aliphatic heterocycles. The summed E-state index contributed by atoms with van der Waals surface area (Å²) in [6.07, 6.45) is 2.11. The highest BCUT2D eigenvalue weighted by atomic mass is 35.7. The average molecular weight is 263 g/mol. The maximum absolute atomic E-state index is 8.49. The summed E-state index contributed by atoms with van der Waals surface area (Å²) in [5, 5.41) is 0. The van der Waals surface area contributed by atoms with E-state index < -0.39 is 10.2 Å². The Balaban J connectivity index is 0.000000252. The summed E-state index contributed by atoms with van der Waals surface area (Å²) in [7, 11) is -1.24. The molecule has 1 rings (SSSR count). The highest BCUT2D eigenvalue weighted by Gasteiger charge is 2.07. The minimum Gasteiger partial charge on any atom is -0.222 e. The van der Waals surface area contributed by atoms with Gasteiger partial charge in [-0.3, -0.25) is 0 Å². The van der Waals surface area contributed by atoms with E-state index >= 15 is 0 Å². The number of hydrogen-bond acceptors (Lipinski definition) is 6. The van der Waals surface area contributed by atoms with Crippen LogP contribution in [0, 0.1) is 17.2 Å². The molecule has 1 aromatic rings. The molecular weight excluding hydrogens is 256 g/mol. The fourth-order valence-electron chi connectivity index (χ4n) is 0.414. The molecule has 1 heterocycles. The van der Waals surface area contributed by atoms with Crippen molar-refractivity contribution in [3.63, 3.8) is 0 Å². The molecule has 0 saturated heterocycles. The van der Waals surface area contributed by atoms with Crippen molar-refractivity contribution in [2.45, 2.75) is 11.1 Å². The van der Waals surface area contributed by atoms with Crippen LogP contribution in [0.1, 0.15) is 4.88 Å². The summed E-state index contributed by atoms with van der Waals surface area (Å²) >= 11 is 1.82. The molecule has 4 nitrogen and oxygen atoms in total. The third-order valence-electron chi connectivity index (χ3n) is 0.778. The molecular formula is C5H7ClO4S3. The lowest BCUT2D eigenvalue weighted by molar-refractivity contribution is -2.00. The van der Waals surface area contributed by atoms with Crippen LogP contribution in [-0.2, 0) is 0 Å². The molecule has 0 amide bonds. The van der Waals surface area contributed by atoms with Crippen LogP contribution in [0.2, 0.25) is 0 Å². The molecule has 0 atom stereocenters. The molecule has 8 heteroatoms. The van der Waals surface area contributed by atoms with Crippen molar-refractivity contribution >= 4 is 32.4 Å². The van der Waals surface area contributed by atoms with Crippen LogP contribution >= 0.6 is 32.4 Å². The summed E-state index contributed by atoms with van der Waals surface area (Å²) < 4.78 is 35.4. The Hall–Kier alpha value is 0.530. The van der Waals surface area contributed by atoms with Gasteiger partial charge in [0.1, 0.15) is 0 Å². The Bertz CT molecular complexity index is 240. The first-order valence-electron chi connectivity index (χ1n) is 2.88. The summed E-state index contributed by atoms with van der Waals surface area (Å²) in [6, 6.07) is 2.22.